The van der Waals surface area contributed by atoms with E-state index in [0.717, 1.165) is 6.42 Å². The number of hydrogen-bond donors (Lipinski definition) is 2. The van der Waals surface area contributed by atoms with Gasteiger partial charge in [-0.1, -0.05) is 0 Å². The van der Waals surface area contributed by atoms with Crippen LogP contribution in [0.5, 0.6) is 5.88 Å². The summed E-state index contributed by atoms with van der Waals surface area (Å²) in [6, 6.07) is 1.62. The topological polar surface area (TPSA) is 101 Å². The van der Waals surface area contributed by atoms with Gasteiger partial charge >= 0.3 is 0 Å². The summed E-state index contributed by atoms with van der Waals surface area (Å²) in [5, 5.41) is 0. The Bertz CT molecular complexity index is 378. The number of aromatic nitrogens is 2. The number of hydrazine groups is 1. The average molecular weight is 286 g/mol. The second-order valence-electron chi connectivity index (χ2n) is 3.89. The van der Waals surface area contributed by atoms with Crippen molar-refractivity contribution in [3.63, 3.8) is 0 Å². The Morgan fingerprint density at radius 3 is 2.65 bits per heavy atom. The molecule has 0 fully saturated rings. The van der Waals surface area contributed by atoms with Crippen LogP contribution in [0.15, 0.2) is 6.07 Å². The van der Waals surface area contributed by atoms with Crippen LogP contribution in [0, 0.1) is 0 Å². The molecule has 1 rings (SSSR count). The largest absolute Gasteiger partial charge is 0.475 e. The number of nitrogens with two attached hydrogens (primary N) is 1. The minimum absolute atomic E-state index is 0.291. The van der Waals surface area contributed by atoms with Gasteiger partial charge in [0, 0.05) is 33.5 Å². The molecule has 0 spiro atoms. The Hall–Kier alpha value is -1.48. The first-order chi connectivity index (χ1) is 9.80. The normalized spacial score (nSPS) is 10.6. The molecule has 1 aromatic heterocycles. The Morgan fingerprint density at radius 2 is 1.95 bits per heavy atom. The molecule has 0 aromatic carbocycles. The van der Waals surface area contributed by atoms with Gasteiger partial charge in [-0.2, -0.15) is 4.98 Å². The molecule has 8 heteroatoms. The monoisotopic (exact) mass is 286 g/mol. The fraction of sp³-hybridized carbons (Fsp3) is 0.667. The summed E-state index contributed by atoms with van der Waals surface area (Å²) in [6.45, 7) is 2.52. The number of methoxy groups -OCH3 is 2. The first-order valence-corrected chi connectivity index (χ1v) is 6.33. The molecular weight excluding hydrogens is 264 g/mol. The summed E-state index contributed by atoms with van der Waals surface area (Å²) >= 11 is 0. The van der Waals surface area contributed by atoms with E-state index in [1.165, 1.54) is 0 Å². The van der Waals surface area contributed by atoms with Gasteiger partial charge in [-0.15, -0.1) is 0 Å². The Morgan fingerprint density at radius 1 is 1.10 bits per heavy atom. The van der Waals surface area contributed by atoms with Crippen LogP contribution in [0.25, 0.3) is 0 Å². The van der Waals surface area contributed by atoms with Crippen LogP contribution in [-0.2, 0) is 20.8 Å². The van der Waals surface area contributed by atoms with Gasteiger partial charge < -0.3 is 24.4 Å². The zero-order valence-corrected chi connectivity index (χ0v) is 11.9. The molecule has 1 aromatic rings. The first kappa shape index (κ1) is 16.6. The molecule has 0 radical (unpaired) electrons. The van der Waals surface area contributed by atoms with Crippen molar-refractivity contribution in [3.8, 4) is 5.88 Å². The van der Waals surface area contributed by atoms with Gasteiger partial charge in [0.25, 0.3) is 0 Å². The molecule has 0 bridgehead atoms. The maximum Gasteiger partial charge on any atom is 0.218 e. The fourth-order valence-electron chi connectivity index (χ4n) is 1.43. The highest BCUT2D eigenvalue weighted by atomic mass is 16.5. The van der Waals surface area contributed by atoms with Crippen LogP contribution in [-0.4, -0.2) is 50.6 Å². The maximum atomic E-state index is 5.48. The van der Waals surface area contributed by atoms with E-state index in [1.807, 2.05) is 0 Å². The molecule has 0 atom stereocenters. The van der Waals surface area contributed by atoms with Gasteiger partial charge in [-0.05, 0) is 6.42 Å². The SMILES string of the molecule is COCCCOCCOc1cc(NN)nc(COC)n1. The molecule has 0 aliphatic rings. The van der Waals surface area contributed by atoms with Crippen molar-refractivity contribution in [1.82, 2.24) is 9.97 Å². The minimum atomic E-state index is 0.291. The van der Waals surface area contributed by atoms with E-state index in [9.17, 15) is 0 Å². The lowest BCUT2D eigenvalue weighted by atomic mass is 10.5. The van der Waals surface area contributed by atoms with E-state index in [2.05, 4.69) is 15.4 Å². The molecule has 20 heavy (non-hydrogen) atoms. The summed E-state index contributed by atoms with van der Waals surface area (Å²) in [5.74, 6) is 6.74. The van der Waals surface area contributed by atoms with Crippen LogP contribution in [0.3, 0.4) is 0 Å². The minimum Gasteiger partial charge on any atom is -0.475 e. The quantitative estimate of drug-likeness (QED) is 0.341. The zero-order chi connectivity index (χ0) is 14.6. The van der Waals surface area contributed by atoms with Crippen molar-refractivity contribution in [2.24, 2.45) is 5.84 Å². The molecule has 3 N–H and O–H groups in total. The van der Waals surface area contributed by atoms with E-state index in [4.69, 9.17) is 24.8 Å². The summed E-state index contributed by atoms with van der Waals surface area (Å²) < 4.78 is 20.8. The molecule has 8 nitrogen and oxygen atoms in total. The summed E-state index contributed by atoms with van der Waals surface area (Å²) in [5.41, 5.74) is 2.46. The van der Waals surface area contributed by atoms with Crippen LogP contribution < -0.4 is 16.0 Å². The summed E-state index contributed by atoms with van der Waals surface area (Å²) in [6.07, 6.45) is 0.864. The smallest absolute Gasteiger partial charge is 0.218 e. The number of nitrogen functional groups attached to an aromatic ring is 1. The Kier molecular flexibility index (Phi) is 8.56. The van der Waals surface area contributed by atoms with Crippen molar-refractivity contribution < 1.29 is 18.9 Å². The molecule has 0 amide bonds. The number of nitrogens with zero attached hydrogens (tertiary/aromatic N) is 2. The van der Waals surface area contributed by atoms with Crippen LogP contribution in [0.2, 0.25) is 0 Å². The molecule has 0 saturated heterocycles. The van der Waals surface area contributed by atoms with E-state index < -0.39 is 0 Å². The van der Waals surface area contributed by atoms with Crippen LogP contribution >= 0.6 is 0 Å². The highest BCUT2D eigenvalue weighted by Gasteiger charge is 2.05. The fourth-order valence-corrected chi connectivity index (χ4v) is 1.43. The van der Waals surface area contributed by atoms with E-state index in [0.29, 0.717) is 50.6 Å². The predicted molar refractivity (Wildman–Crippen MR) is 73.4 cm³/mol. The number of anilines is 1. The maximum absolute atomic E-state index is 5.48. The highest BCUT2D eigenvalue weighted by molar-refractivity contribution is 5.36. The van der Waals surface area contributed by atoms with Crippen molar-refractivity contribution >= 4 is 5.82 Å². The molecule has 0 aliphatic carbocycles. The van der Waals surface area contributed by atoms with Crippen LogP contribution in [0.1, 0.15) is 12.2 Å². The van der Waals surface area contributed by atoms with Crippen LogP contribution in [0.4, 0.5) is 5.82 Å². The van der Waals surface area contributed by atoms with Gasteiger partial charge in [-0.25, -0.2) is 10.8 Å². The van der Waals surface area contributed by atoms with Gasteiger partial charge in [-0.3, -0.25) is 0 Å². The van der Waals surface area contributed by atoms with E-state index >= 15 is 0 Å². The van der Waals surface area contributed by atoms with Crippen molar-refractivity contribution in [1.29, 1.82) is 0 Å². The third kappa shape index (κ3) is 6.62. The van der Waals surface area contributed by atoms with Crippen molar-refractivity contribution in [3.05, 3.63) is 11.9 Å². The molecule has 0 unspecified atom stereocenters. The number of rotatable bonds is 11. The summed E-state index contributed by atoms with van der Waals surface area (Å²) in [4.78, 5) is 8.31. The highest BCUT2D eigenvalue weighted by Crippen LogP contribution is 2.13. The van der Waals surface area contributed by atoms with Gasteiger partial charge in [0.2, 0.25) is 5.88 Å². The Labute approximate surface area is 118 Å². The van der Waals surface area contributed by atoms with Gasteiger partial charge in [0.15, 0.2) is 5.82 Å². The van der Waals surface area contributed by atoms with Gasteiger partial charge in [0.1, 0.15) is 19.0 Å². The van der Waals surface area contributed by atoms with E-state index in [-0.39, 0.29) is 0 Å². The first-order valence-electron chi connectivity index (χ1n) is 6.33. The van der Waals surface area contributed by atoms with Gasteiger partial charge in [0.05, 0.1) is 6.61 Å². The lowest BCUT2D eigenvalue weighted by Crippen LogP contribution is -2.13. The second kappa shape index (κ2) is 10.3. The Balaban J connectivity index is 2.33. The number of ether oxygens (including phenoxy) is 4. The zero-order valence-electron chi connectivity index (χ0n) is 11.9. The second-order valence-corrected chi connectivity index (χ2v) is 3.89. The lowest BCUT2D eigenvalue weighted by molar-refractivity contribution is 0.0793. The summed E-state index contributed by atoms with van der Waals surface area (Å²) in [7, 11) is 3.24. The molecule has 0 aliphatic heterocycles. The average Bonchev–Trinajstić information content (AvgIpc) is 2.46. The number of nitrogens with one attached hydrogen (secondary N) is 1. The third-order valence-corrected chi connectivity index (χ3v) is 2.29. The standard InChI is InChI=1S/C12H22N4O4/c1-17-4-3-5-19-6-7-20-12-8-10(16-13)14-11(15-12)9-18-2/h8H,3-7,9,13H2,1-2H3,(H,14,15,16). The molecule has 1 heterocycles. The number of hydrogen-bond acceptors (Lipinski definition) is 8. The molecule has 114 valence electrons. The lowest BCUT2D eigenvalue weighted by Gasteiger charge is -2.09. The third-order valence-electron chi connectivity index (χ3n) is 2.29. The van der Waals surface area contributed by atoms with E-state index in [1.54, 1.807) is 20.3 Å². The predicted octanol–water partition coefficient (Wildman–Crippen LogP) is 0.341. The van der Waals surface area contributed by atoms with Crippen molar-refractivity contribution in [2.75, 3.05) is 46.1 Å². The molecule has 0 saturated carbocycles. The van der Waals surface area contributed by atoms with Crippen molar-refractivity contribution in [2.45, 2.75) is 13.0 Å². The molecular formula is C12H22N4O4.